The van der Waals surface area contributed by atoms with Crippen molar-refractivity contribution >= 4 is 45.6 Å². The molecule has 2 aromatic rings. The predicted octanol–water partition coefficient (Wildman–Crippen LogP) is 4.11. The number of benzene rings is 1. The van der Waals surface area contributed by atoms with E-state index in [0.717, 1.165) is 22.6 Å². The number of hydrogen-bond acceptors (Lipinski definition) is 3. The molecule has 2 rings (SSSR count). The van der Waals surface area contributed by atoms with Crippen LogP contribution in [-0.2, 0) is 11.2 Å². The van der Waals surface area contributed by atoms with Gasteiger partial charge in [0.05, 0.1) is 5.69 Å². The predicted molar refractivity (Wildman–Crippen MR) is 81.1 cm³/mol. The second-order valence-corrected chi connectivity index (χ2v) is 5.98. The molecule has 19 heavy (non-hydrogen) atoms. The van der Waals surface area contributed by atoms with Crippen LogP contribution in [0.25, 0.3) is 11.3 Å². The largest absolute Gasteiger partial charge is 0.300 e. The minimum atomic E-state index is -1.09. The van der Waals surface area contributed by atoms with E-state index in [1.54, 1.807) is 0 Å². The van der Waals surface area contributed by atoms with Crippen LogP contribution in [0.15, 0.2) is 30.3 Å². The number of halogens is 2. The minimum Gasteiger partial charge on any atom is -0.300 e. The van der Waals surface area contributed by atoms with E-state index in [2.05, 4.69) is 17.2 Å². The highest BCUT2D eigenvalue weighted by molar-refractivity contribution is 7.16. The summed E-state index contributed by atoms with van der Waals surface area (Å²) in [6, 6.07) is 9.85. The summed E-state index contributed by atoms with van der Waals surface area (Å²) in [6.45, 7) is 2.05. The first-order chi connectivity index (χ1) is 9.11. The first-order valence-corrected chi connectivity index (χ1v) is 7.45. The molecule has 100 valence electrons. The Bertz CT molecular complexity index is 569. The van der Waals surface area contributed by atoms with E-state index < -0.39 is 10.7 Å². The van der Waals surface area contributed by atoms with Crippen molar-refractivity contribution in [3.63, 3.8) is 0 Å². The van der Waals surface area contributed by atoms with Gasteiger partial charge in [-0.05, 0) is 6.42 Å². The second kappa shape index (κ2) is 6.37. The molecule has 0 spiro atoms. The molecule has 3 nitrogen and oxygen atoms in total. The fraction of sp³-hybridized carbons (Fsp3) is 0.231. The van der Waals surface area contributed by atoms with E-state index in [9.17, 15) is 4.79 Å². The van der Waals surface area contributed by atoms with Gasteiger partial charge in [-0.1, -0.05) is 60.5 Å². The highest BCUT2D eigenvalue weighted by atomic mass is 35.5. The molecule has 0 saturated carbocycles. The number of nitrogens with one attached hydrogen (secondary N) is 1. The van der Waals surface area contributed by atoms with Gasteiger partial charge >= 0.3 is 0 Å². The minimum absolute atomic E-state index is 0.459. The van der Waals surface area contributed by atoms with Crippen LogP contribution in [0.4, 0.5) is 5.13 Å². The van der Waals surface area contributed by atoms with Crippen molar-refractivity contribution in [2.45, 2.75) is 18.2 Å². The third-order valence-electron chi connectivity index (χ3n) is 2.49. The highest BCUT2D eigenvalue weighted by Crippen LogP contribution is 2.31. The number of carbonyl (C=O) groups excluding carboxylic acids is 1. The lowest BCUT2D eigenvalue weighted by molar-refractivity contribution is -0.114. The molecule has 1 heterocycles. The first-order valence-electron chi connectivity index (χ1n) is 5.76. The Labute approximate surface area is 125 Å². The zero-order valence-corrected chi connectivity index (χ0v) is 12.5. The molecule has 0 saturated heterocycles. The van der Waals surface area contributed by atoms with Gasteiger partial charge in [0, 0.05) is 10.4 Å². The number of alkyl halides is 2. The maximum Gasteiger partial charge on any atom is 0.259 e. The van der Waals surface area contributed by atoms with Crippen LogP contribution in [0.3, 0.4) is 0 Å². The molecule has 0 aliphatic heterocycles. The molecule has 0 atom stereocenters. The Morgan fingerprint density at radius 3 is 2.63 bits per heavy atom. The van der Waals surface area contributed by atoms with Crippen LogP contribution in [0.2, 0.25) is 0 Å². The number of aromatic nitrogens is 1. The molecule has 0 aliphatic carbocycles. The number of hydrogen-bond donors (Lipinski definition) is 1. The van der Waals surface area contributed by atoms with Crippen molar-refractivity contribution in [3.05, 3.63) is 35.2 Å². The van der Waals surface area contributed by atoms with Crippen molar-refractivity contribution in [1.82, 2.24) is 4.98 Å². The first kappa shape index (κ1) is 14.3. The van der Waals surface area contributed by atoms with Gasteiger partial charge in [-0.3, -0.25) is 10.1 Å². The van der Waals surface area contributed by atoms with Gasteiger partial charge in [-0.2, -0.15) is 0 Å². The van der Waals surface area contributed by atoms with Crippen LogP contribution in [-0.4, -0.2) is 15.7 Å². The molecular formula is C13H12Cl2N2OS. The molecule has 0 fully saturated rings. The van der Waals surface area contributed by atoms with Crippen molar-refractivity contribution in [2.24, 2.45) is 0 Å². The quantitative estimate of drug-likeness (QED) is 0.863. The Morgan fingerprint density at radius 1 is 1.37 bits per heavy atom. The van der Waals surface area contributed by atoms with Crippen molar-refractivity contribution in [1.29, 1.82) is 0 Å². The summed E-state index contributed by atoms with van der Waals surface area (Å²) in [5.41, 5.74) is 1.92. The van der Waals surface area contributed by atoms with Crippen LogP contribution in [0.1, 0.15) is 11.8 Å². The topological polar surface area (TPSA) is 42.0 Å². The fourth-order valence-electron chi connectivity index (χ4n) is 1.63. The zero-order valence-electron chi connectivity index (χ0n) is 10.2. The average Bonchev–Trinajstić information content (AvgIpc) is 2.82. The number of amides is 1. The lowest BCUT2D eigenvalue weighted by Gasteiger charge is -2.00. The highest BCUT2D eigenvalue weighted by Gasteiger charge is 2.16. The van der Waals surface area contributed by atoms with Gasteiger partial charge in [-0.25, -0.2) is 4.98 Å². The molecule has 1 aromatic carbocycles. The molecule has 1 N–H and O–H groups in total. The summed E-state index contributed by atoms with van der Waals surface area (Å²) >= 11 is 12.5. The van der Waals surface area contributed by atoms with Crippen molar-refractivity contribution in [3.8, 4) is 11.3 Å². The number of thiazole rings is 1. The number of rotatable bonds is 4. The van der Waals surface area contributed by atoms with Gasteiger partial charge in [0.2, 0.25) is 0 Å². The summed E-state index contributed by atoms with van der Waals surface area (Å²) < 4.78 is 0. The van der Waals surface area contributed by atoms with E-state index in [1.807, 2.05) is 30.3 Å². The Hall–Kier alpha value is -1.10. The van der Waals surface area contributed by atoms with E-state index in [4.69, 9.17) is 23.2 Å². The Balaban J connectivity index is 2.30. The van der Waals surface area contributed by atoms with E-state index in [0.29, 0.717) is 5.13 Å². The van der Waals surface area contributed by atoms with Gasteiger partial charge in [0.15, 0.2) is 9.97 Å². The van der Waals surface area contributed by atoms with Crippen LogP contribution in [0, 0.1) is 0 Å². The van der Waals surface area contributed by atoms with E-state index >= 15 is 0 Å². The molecule has 0 bridgehead atoms. The van der Waals surface area contributed by atoms with Gasteiger partial charge < -0.3 is 0 Å². The van der Waals surface area contributed by atoms with Crippen LogP contribution < -0.4 is 5.32 Å². The van der Waals surface area contributed by atoms with Crippen molar-refractivity contribution < 1.29 is 4.79 Å². The molecule has 0 aliphatic rings. The third kappa shape index (κ3) is 3.47. The van der Waals surface area contributed by atoms with Crippen LogP contribution in [0.5, 0.6) is 0 Å². The maximum absolute atomic E-state index is 11.4. The number of carbonyl (C=O) groups is 1. The molecule has 0 unspecified atom stereocenters. The SMILES string of the molecule is CCc1sc(NC(=O)C(Cl)Cl)nc1-c1ccccc1. The number of aryl methyl sites for hydroxylation is 1. The summed E-state index contributed by atoms with van der Waals surface area (Å²) in [6.07, 6.45) is 0.850. The summed E-state index contributed by atoms with van der Waals surface area (Å²) in [7, 11) is 0. The van der Waals surface area contributed by atoms with Gasteiger partial charge in [-0.15, -0.1) is 11.3 Å². The maximum atomic E-state index is 11.4. The standard InChI is InChI=1S/C13H12Cl2N2OS/c1-2-9-10(8-6-4-3-5-7-8)16-13(19-9)17-12(18)11(14)15/h3-7,11H,2H2,1H3,(H,16,17,18). The molecule has 6 heteroatoms. The fourth-order valence-corrected chi connectivity index (χ4v) is 2.66. The molecule has 1 aromatic heterocycles. The van der Waals surface area contributed by atoms with E-state index in [-0.39, 0.29) is 0 Å². The lowest BCUT2D eigenvalue weighted by atomic mass is 10.1. The molecule has 0 radical (unpaired) electrons. The summed E-state index contributed by atoms with van der Waals surface area (Å²) in [5, 5.41) is 3.13. The monoisotopic (exact) mass is 314 g/mol. The summed E-state index contributed by atoms with van der Waals surface area (Å²) in [5.74, 6) is -0.459. The second-order valence-electron chi connectivity index (χ2n) is 3.80. The van der Waals surface area contributed by atoms with Crippen LogP contribution >= 0.6 is 34.5 Å². The molecular weight excluding hydrogens is 303 g/mol. The normalized spacial score (nSPS) is 10.7. The van der Waals surface area contributed by atoms with Crippen molar-refractivity contribution in [2.75, 3.05) is 5.32 Å². The Morgan fingerprint density at radius 2 is 2.05 bits per heavy atom. The Kier molecular flexibility index (Phi) is 4.80. The van der Waals surface area contributed by atoms with Gasteiger partial charge in [0.1, 0.15) is 0 Å². The smallest absolute Gasteiger partial charge is 0.259 e. The third-order valence-corrected chi connectivity index (χ3v) is 4.01. The van der Waals surface area contributed by atoms with E-state index in [1.165, 1.54) is 11.3 Å². The number of nitrogens with zero attached hydrogens (tertiary/aromatic N) is 1. The van der Waals surface area contributed by atoms with Gasteiger partial charge in [0.25, 0.3) is 5.91 Å². The number of anilines is 1. The lowest BCUT2D eigenvalue weighted by Crippen LogP contribution is -2.18. The zero-order chi connectivity index (χ0) is 13.8. The molecule has 1 amide bonds. The summed E-state index contributed by atoms with van der Waals surface area (Å²) in [4.78, 5) is 15.9. The average molecular weight is 315 g/mol.